The molecule has 7 nitrogen and oxygen atoms in total. The van der Waals surface area contributed by atoms with E-state index < -0.39 is 0 Å². The van der Waals surface area contributed by atoms with Crippen LogP contribution in [0.25, 0.3) is 11.3 Å². The van der Waals surface area contributed by atoms with Crippen LogP contribution in [0, 0.1) is 0 Å². The van der Waals surface area contributed by atoms with Crippen LogP contribution in [-0.4, -0.2) is 73.4 Å². The van der Waals surface area contributed by atoms with Crippen molar-refractivity contribution in [1.29, 1.82) is 0 Å². The average molecular weight is 373 g/mol. The van der Waals surface area contributed by atoms with Gasteiger partial charge in [-0.15, -0.1) is 0 Å². The van der Waals surface area contributed by atoms with Crippen molar-refractivity contribution in [1.82, 2.24) is 15.0 Å². The lowest BCUT2D eigenvalue weighted by Crippen LogP contribution is -2.58. The number of amides is 1. The Hall–Kier alpha value is -2.38. The Morgan fingerprint density at radius 2 is 1.96 bits per heavy atom. The number of benzene rings is 1. The third-order valence-corrected chi connectivity index (χ3v) is 5.03. The van der Waals surface area contributed by atoms with Crippen molar-refractivity contribution in [3.05, 3.63) is 36.0 Å². The van der Waals surface area contributed by atoms with E-state index in [1.54, 1.807) is 20.3 Å². The molecule has 1 amide bonds. The number of nitrogens with zero attached hydrogens (tertiary/aromatic N) is 3. The zero-order valence-electron chi connectivity index (χ0n) is 16.3. The molecule has 1 fully saturated rings. The van der Waals surface area contributed by atoms with Crippen molar-refractivity contribution in [2.75, 3.05) is 40.5 Å². The van der Waals surface area contributed by atoms with Gasteiger partial charge < -0.3 is 18.9 Å². The summed E-state index contributed by atoms with van der Waals surface area (Å²) in [5.74, 6) is 1.18. The fourth-order valence-electron chi connectivity index (χ4n) is 3.61. The van der Waals surface area contributed by atoms with Crippen LogP contribution in [0.4, 0.5) is 0 Å². The summed E-state index contributed by atoms with van der Waals surface area (Å²) in [5.41, 5.74) is 1.16. The molecule has 0 radical (unpaired) electrons. The highest BCUT2D eigenvalue weighted by Crippen LogP contribution is 2.25. The molecule has 27 heavy (non-hydrogen) atoms. The first-order valence-electron chi connectivity index (χ1n) is 9.18. The van der Waals surface area contributed by atoms with Gasteiger partial charge in [-0.05, 0) is 26.0 Å². The summed E-state index contributed by atoms with van der Waals surface area (Å²) in [5, 5.41) is 4.00. The van der Waals surface area contributed by atoms with E-state index in [9.17, 15) is 4.79 Å². The average Bonchev–Trinajstić information content (AvgIpc) is 3.17. The molecule has 0 spiro atoms. The molecular weight excluding hydrogens is 346 g/mol. The van der Waals surface area contributed by atoms with Gasteiger partial charge in [0, 0.05) is 50.5 Å². The molecule has 1 aromatic heterocycles. The zero-order chi connectivity index (χ0) is 19.4. The van der Waals surface area contributed by atoms with Crippen molar-refractivity contribution in [3.8, 4) is 17.1 Å². The van der Waals surface area contributed by atoms with E-state index in [1.807, 2.05) is 29.2 Å². The highest BCUT2D eigenvalue weighted by atomic mass is 16.5. The number of carbonyl (C=O) groups is 1. The lowest BCUT2D eigenvalue weighted by Gasteiger charge is -2.44. The summed E-state index contributed by atoms with van der Waals surface area (Å²) in [6.07, 6.45) is 0. The number of rotatable bonds is 6. The minimum atomic E-state index is -0.0991. The van der Waals surface area contributed by atoms with Crippen LogP contribution in [0.1, 0.15) is 24.3 Å². The zero-order valence-corrected chi connectivity index (χ0v) is 16.3. The molecule has 2 unspecified atom stereocenters. The maximum Gasteiger partial charge on any atom is 0.276 e. The Bertz CT molecular complexity index is 764. The van der Waals surface area contributed by atoms with Gasteiger partial charge in [0.05, 0.1) is 13.7 Å². The molecule has 3 rings (SSSR count). The number of hydrogen-bond acceptors (Lipinski definition) is 6. The first-order chi connectivity index (χ1) is 13.0. The van der Waals surface area contributed by atoms with Crippen molar-refractivity contribution in [2.24, 2.45) is 0 Å². The Morgan fingerprint density at radius 1 is 1.22 bits per heavy atom. The van der Waals surface area contributed by atoms with Crippen molar-refractivity contribution < 1.29 is 18.8 Å². The summed E-state index contributed by atoms with van der Waals surface area (Å²) in [7, 11) is 3.32. The second-order valence-electron chi connectivity index (χ2n) is 6.95. The normalized spacial score (nSPS) is 20.7. The van der Waals surface area contributed by atoms with Crippen molar-refractivity contribution in [2.45, 2.75) is 25.9 Å². The lowest BCUT2D eigenvalue weighted by atomic mass is 10.1. The monoisotopic (exact) mass is 373 g/mol. The van der Waals surface area contributed by atoms with Crippen LogP contribution in [0.15, 0.2) is 34.9 Å². The van der Waals surface area contributed by atoms with E-state index in [0.717, 1.165) is 17.9 Å². The van der Waals surface area contributed by atoms with Crippen LogP contribution >= 0.6 is 0 Å². The van der Waals surface area contributed by atoms with E-state index in [2.05, 4.69) is 23.9 Å². The van der Waals surface area contributed by atoms with Gasteiger partial charge in [-0.1, -0.05) is 17.3 Å². The van der Waals surface area contributed by atoms with Gasteiger partial charge >= 0.3 is 0 Å². The second-order valence-corrected chi connectivity index (χ2v) is 6.95. The topological polar surface area (TPSA) is 68.0 Å². The van der Waals surface area contributed by atoms with Crippen LogP contribution in [0.5, 0.6) is 5.75 Å². The predicted molar refractivity (Wildman–Crippen MR) is 102 cm³/mol. The van der Waals surface area contributed by atoms with Crippen LogP contribution in [0.2, 0.25) is 0 Å². The van der Waals surface area contributed by atoms with E-state index in [4.69, 9.17) is 14.0 Å². The van der Waals surface area contributed by atoms with Gasteiger partial charge in [-0.25, -0.2) is 0 Å². The Labute approximate surface area is 159 Å². The van der Waals surface area contributed by atoms with Crippen LogP contribution < -0.4 is 4.74 Å². The number of hydrogen-bond donors (Lipinski definition) is 0. The summed E-state index contributed by atoms with van der Waals surface area (Å²) >= 11 is 0. The maximum atomic E-state index is 12.9. The van der Waals surface area contributed by atoms with Crippen LogP contribution in [-0.2, 0) is 4.74 Å². The Morgan fingerprint density at radius 3 is 2.63 bits per heavy atom. The number of carbonyl (C=O) groups excluding carboxylic acids is 1. The first-order valence-corrected chi connectivity index (χ1v) is 9.18. The van der Waals surface area contributed by atoms with Gasteiger partial charge in [0.25, 0.3) is 5.91 Å². The molecule has 146 valence electrons. The maximum absolute atomic E-state index is 12.9. The number of methoxy groups -OCH3 is 2. The SMILES string of the molecule is COCCN1C(C)CN(C(=O)c2cc(-c3cccc(OC)c3)on2)CC1C. The summed E-state index contributed by atoms with van der Waals surface area (Å²) in [6.45, 7) is 7.15. The fraction of sp³-hybridized carbons (Fsp3) is 0.500. The lowest BCUT2D eigenvalue weighted by molar-refractivity contribution is 0.0188. The molecule has 1 aliphatic rings. The molecule has 0 bridgehead atoms. The third kappa shape index (κ3) is 4.31. The van der Waals surface area contributed by atoms with Gasteiger partial charge in [0.2, 0.25) is 0 Å². The van der Waals surface area contributed by atoms with Gasteiger partial charge in [0.15, 0.2) is 11.5 Å². The molecule has 2 heterocycles. The Balaban J connectivity index is 1.71. The molecule has 1 aliphatic heterocycles. The minimum Gasteiger partial charge on any atom is -0.497 e. The molecule has 0 aliphatic carbocycles. The van der Waals surface area contributed by atoms with Crippen LogP contribution in [0.3, 0.4) is 0 Å². The standard InChI is InChI=1S/C20H27N3O4/c1-14-12-22(13-15(2)23(14)8-9-25-3)20(24)18-11-19(27-21-18)16-6-5-7-17(10-16)26-4/h5-7,10-11,14-15H,8-9,12-13H2,1-4H3. The summed E-state index contributed by atoms with van der Waals surface area (Å²) in [6, 6.07) is 9.71. The van der Waals surface area contributed by atoms with Crippen molar-refractivity contribution >= 4 is 5.91 Å². The molecular formula is C20H27N3O4. The van der Waals surface area contributed by atoms with E-state index in [-0.39, 0.29) is 18.0 Å². The predicted octanol–water partition coefficient (Wildman–Crippen LogP) is 2.53. The molecule has 0 saturated carbocycles. The summed E-state index contributed by atoms with van der Waals surface area (Å²) < 4.78 is 15.8. The van der Waals surface area contributed by atoms with Gasteiger partial charge in [-0.3, -0.25) is 9.69 Å². The largest absolute Gasteiger partial charge is 0.497 e. The number of piperazine rings is 1. The van der Waals surface area contributed by atoms with Gasteiger partial charge in [-0.2, -0.15) is 0 Å². The third-order valence-electron chi connectivity index (χ3n) is 5.03. The first kappa shape index (κ1) is 19.4. The van der Waals surface area contributed by atoms with E-state index in [0.29, 0.717) is 31.2 Å². The van der Waals surface area contributed by atoms with E-state index >= 15 is 0 Å². The summed E-state index contributed by atoms with van der Waals surface area (Å²) in [4.78, 5) is 17.1. The molecule has 7 heteroatoms. The number of ether oxygens (including phenoxy) is 2. The highest BCUT2D eigenvalue weighted by molar-refractivity contribution is 5.93. The second kappa shape index (κ2) is 8.54. The van der Waals surface area contributed by atoms with E-state index in [1.165, 1.54) is 0 Å². The fourth-order valence-corrected chi connectivity index (χ4v) is 3.61. The smallest absolute Gasteiger partial charge is 0.276 e. The molecule has 2 atom stereocenters. The van der Waals surface area contributed by atoms with Crippen molar-refractivity contribution in [3.63, 3.8) is 0 Å². The van der Waals surface area contributed by atoms with Gasteiger partial charge in [0.1, 0.15) is 5.75 Å². The number of aromatic nitrogens is 1. The molecule has 0 N–H and O–H groups in total. The highest BCUT2D eigenvalue weighted by Gasteiger charge is 2.33. The Kier molecular flexibility index (Phi) is 6.13. The molecule has 1 aromatic carbocycles. The molecule has 1 saturated heterocycles. The molecule has 2 aromatic rings. The quantitative estimate of drug-likeness (QED) is 0.775. The minimum absolute atomic E-state index is 0.0991.